The fraction of sp³-hybridized carbons (Fsp3) is 0.158. The first-order valence-corrected chi connectivity index (χ1v) is 8.58. The molecule has 0 N–H and O–H groups in total. The van der Waals surface area contributed by atoms with Crippen molar-refractivity contribution in [1.82, 2.24) is 4.98 Å². The number of carbonyl (C=O) groups is 1. The second-order valence-electron chi connectivity index (χ2n) is 5.69. The van der Waals surface area contributed by atoms with E-state index >= 15 is 0 Å². The van der Waals surface area contributed by atoms with Crippen LogP contribution in [-0.4, -0.2) is 23.0 Å². The number of hydrogen-bond donors (Lipinski definition) is 0. The topological polar surface area (TPSA) is 105 Å². The number of ether oxygens (including phenoxy) is 2. The van der Waals surface area contributed by atoms with Gasteiger partial charge < -0.3 is 13.9 Å². The summed E-state index contributed by atoms with van der Waals surface area (Å²) in [6.07, 6.45) is 1.69. The third kappa shape index (κ3) is 4.66. The first-order valence-electron chi connectivity index (χ1n) is 8.20. The zero-order valence-electron chi connectivity index (χ0n) is 14.8. The van der Waals surface area contributed by atoms with Crippen LogP contribution < -0.4 is 9.47 Å². The fourth-order valence-corrected chi connectivity index (χ4v) is 2.54. The van der Waals surface area contributed by atoms with Crippen LogP contribution in [0.4, 0.5) is 5.69 Å². The van der Waals surface area contributed by atoms with Crippen LogP contribution in [0.25, 0.3) is 11.3 Å². The first-order chi connectivity index (χ1) is 13.5. The van der Waals surface area contributed by atoms with Crippen molar-refractivity contribution < 1.29 is 23.6 Å². The molecule has 8 nitrogen and oxygen atoms in total. The molecular weight excluding hydrogens is 388 g/mol. The molecule has 144 valence electrons. The molecule has 0 spiro atoms. The molecule has 0 amide bonds. The number of carbonyl (C=O) groups excluding carboxylic acids is 1. The van der Waals surface area contributed by atoms with Crippen molar-refractivity contribution in [1.29, 1.82) is 0 Å². The molecule has 3 rings (SSSR count). The Bertz CT molecular complexity index is 1000. The SMILES string of the molecule is COc1ccc(OC(=O)CCc2ncc(-c3ccc(Cl)cc3)o2)c([N+](=O)[O-])c1. The Morgan fingerprint density at radius 3 is 2.68 bits per heavy atom. The lowest BCUT2D eigenvalue weighted by Crippen LogP contribution is -2.10. The smallest absolute Gasteiger partial charge is 0.315 e. The fourth-order valence-electron chi connectivity index (χ4n) is 2.41. The Hall–Kier alpha value is -3.39. The van der Waals surface area contributed by atoms with Gasteiger partial charge in [0.05, 0.1) is 30.7 Å². The number of aryl methyl sites for hydroxylation is 1. The number of halogens is 1. The number of nitro groups is 1. The van der Waals surface area contributed by atoms with Gasteiger partial charge in [-0.05, 0) is 36.4 Å². The highest BCUT2D eigenvalue weighted by Crippen LogP contribution is 2.31. The van der Waals surface area contributed by atoms with Gasteiger partial charge in [-0.2, -0.15) is 0 Å². The Labute approximate surface area is 164 Å². The number of nitro benzene ring substituents is 1. The van der Waals surface area contributed by atoms with Crippen LogP contribution in [0.5, 0.6) is 11.5 Å². The van der Waals surface area contributed by atoms with Crippen LogP contribution in [0.2, 0.25) is 5.02 Å². The number of nitrogens with zero attached hydrogens (tertiary/aromatic N) is 2. The molecule has 0 unspecified atom stereocenters. The minimum Gasteiger partial charge on any atom is -0.496 e. The number of methoxy groups -OCH3 is 1. The quantitative estimate of drug-likeness (QED) is 0.249. The van der Waals surface area contributed by atoms with Gasteiger partial charge in [-0.3, -0.25) is 14.9 Å². The summed E-state index contributed by atoms with van der Waals surface area (Å²) >= 11 is 5.86. The third-order valence-electron chi connectivity index (χ3n) is 3.81. The number of oxazole rings is 1. The largest absolute Gasteiger partial charge is 0.496 e. The zero-order chi connectivity index (χ0) is 20.1. The van der Waals surface area contributed by atoms with Crippen molar-refractivity contribution in [2.24, 2.45) is 0 Å². The van der Waals surface area contributed by atoms with Gasteiger partial charge in [0.2, 0.25) is 5.75 Å². The number of aromatic nitrogens is 1. The first kappa shape index (κ1) is 19.4. The normalized spacial score (nSPS) is 10.5. The minimum absolute atomic E-state index is 0.0518. The van der Waals surface area contributed by atoms with Crippen molar-refractivity contribution in [2.75, 3.05) is 7.11 Å². The van der Waals surface area contributed by atoms with Crippen molar-refractivity contribution in [2.45, 2.75) is 12.8 Å². The number of hydrogen-bond acceptors (Lipinski definition) is 7. The Morgan fingerprint density at radius 1 is 1.25 bits per heavy atom. The standard InChI is InChI=1S/C19H15ClN2O6/c1-26-14-6-7-16(15(10-14)22(24)25)28-19(23)9-8-18-21-11-17(27-18)12-2-4-13(20)5-3-12/h2-7,10-11H,8-9H2,1H3. The van der Waals surface area contributed by atoms with Crippen molar-refractivity contribution >= 4 is 23.3 Å². The molecule has 2 aromatic carbocycles. The summed E-state index contributed by atoms with van der Waals surface area (Å²) in [7, 11) is 1.39. The van der Waals surface area contributed by atoms with Crippen LogP contribution in [0.15, 0.2) is 53.1 Å². The van der Waals surface area contributed by atoms with E-state index < -0.39 is 10.9 Å². The second kappa shape index (κ2) is 8.53. The van der Waals surface area contributed by atoms with Crippen LogP contribution in [0, 0.1) is 10.1 Å². The molecule has 3 aromatic rings. The Kier molecular flexibility index (Phi) is 5.90. The van der Waals surface area contributed by atoms with E-state index in [4.69, 9.17) is 25.5 Å². The second-order valence-corrected chi connectivity index (χ2v) is 6.13. The van der Waals surface area contributed by atoms with E-state index in [2.05, 4.69) is 4.98 Å². The summed E-state index contributed by atoms with van der Waals surface area (Å²) in [5, 5.41) is 11.7. The van der Waals surface area contributed by atoms with Crippen molar-refractivity contribution in [3.63, 3.8) is 0 Å². The molecule has 0 aliphatic heterocycles. The molecule has 1 aromatic heterocycles. The summed E-state index contributed by atoms with van der Waals surface area (Å²) in [6, 6.07) is 11.0. The van der Waals surface area contributed by atoms with Crippen LogP contribution in [0.1, 0.15) is 12.3 Å². The van der Waals surface area contributed by atoms with E-state index in [9.17, 15) is 14.9 Å². The summed E-state index contributed by atoms with van der Waals surface area (Å²) in [5.74, 6) is 0.405. The van der Waals surface area contributed by atoms with E-state index in [1.807, 2.05) is 0 Å². The minimum atomic E-state index is -0.641. The number of rotatable bonds is 7. The predicted octanol–water partition coefficient (Wildman–Crippen LogP) is 4.45. The van der Waals surface area contributed by atoms with Gasteiger partial charge in [-0.25, -0.2) is 4.98 Å². The summed E-state index contributed by atoms with van der Waals surface area (Å²) in [6.45, 7) is 0. The third-order valence-corrected chi connectivity index (χ3v) is 4.06. The van der Waals surface area contributed by atoms with Gasteiger partial charge in [-0.15, -0.1) is 0 Å². The molecule has 28 heavy (non-hydrogen) atoms. The molecule has 0 atom stereocenters. The summed E-state index contributed by atoms with van der Waals surface area (Å²) in [4.78, 5) is 26.7. The van der Waals surface area contributed by atoms with Crippen LogP contribution in [0.3, 0.4) is 0 Å². The van der Waals surface area contributed by atoms with Crippen LogP contribution >= 0.6 is 11.6 Å². The lowest BCUT2D eigenvalue weighted by molar-refractivity contribution is -0.385. The molecule has 0 aliphatic rings. The van der Waals surface area contributed by atoms with Gasteiger partial charge >= 0.3 is 11.7 Å². The van der Waals surface area contributed by atoms with Crippen molar-refractivity contribution in [3.05, 3.63) is 69.7 Å². The maximum atomic E-state index is 12.1. The molecule has 0 fully saturated rings. The molecule has 9 heteroatoms. The van der Waals surface area contributed by atoms with E-state index in [1.54, 1.807) is 30.5 Å². The maximum Gasteiger partial charge on any atom is 0.315 e. The molecule has 0 saturated heterocycles. The number of benzene rings is 2. The van der Waals surface area contributed by atoms with E-state index in [0.717, 1.165) is 5.56 Å². The molecule has 0 saturated carbocycles. The zero-order valence-corrected chi connectivity index (χ0v) is 15.5. The molecule has 0 bridgehead atoms. The van der Waals surface area contributed by atoms with Crippen LogP contribution in [-0.2, 0) is 11.2 Å². The lowest BCUT2D eigenvalue weighted by atomic mass is 10.2. The molecule has 1 heterocycles. The van der Waals surface area contributed by atoms with E-state index in [-0.39, 0.29) is 24.3 Å². The highest BCUT2D eigenvalue weighted by Gasteiger charge is 2.20. The highest BCUT2D eigenvalue weighted by molar-refractivity contribution is 6.30. The van der Waals surface area contributed by atoms with Crippen molar-refractivity contribution in [3.8, 4) is 22.8 Å². The number of esters is 1. The van der Waals surface area contributed by atoms with Gasteiger partial charge in [0.15, 0.2) is 11.7 Å². The Morgan fingerprint density at radius 2 is 2.00 bits per heavy atom. The molecule has 0 aliphatic carbocycles. The predicted molar refractivity (Wildman–Crippen MR) is 101 cm³/mol. The Balaban J connectivity index is 1.62. The molecular formula is C19H15ClN2O6. The lowest BCUT2D eigenvalue weighted by Gasteiger charge is -2.06. The van der Waals surface area contributed by atoms with Gasteiger partial charge in [-0.1, -0.05) is 11.6 Å². The molecule has 0 radical (unpaired) electrons. The average molecular weight is 403 g/mol. The highest BCUT2D eigenvalue weighted by atomic mass is 35.5. The maximum absolute atomic E-state index is 12.1. The average Bonchev–Trinajstić information content (AvgIpc) is 3.16. The monoisotopic (exact) mass is 402 g/mol. The van der Waals surface area contributed by atoms with E-state index in [0.29, 0.717) is 22.4 Å². The summed E-state index contributed by atoms with van der Waals surface area (Å²) in [5.41, 5.74) is 0.452. The van der Waals surface area contributed by atoms with Gasteiger partial charge in [0, 0.05) is 17.0 Å². The van der Waals surface area contributed by atoms with Gasteiger partial charge in [0.25, 0.3) is 0 Å². The van der Waals surface area contributed by atoms with E-state index in [1.165, 1.54) is 25.3 Å². The summed E-state index contributed by atoms with van der Waals surface area (Å²) < 4.78 is 15.7. The van der Waals surface area contributed by atoms with Gasteiger partial charge in [0.1, 0.15) is 5.75 Å².